The molecule has 7 nitrogen and oxygen atoms in total. The van der Waals surface area contributed by atoms with Gasteiger partial charge in [0.1, 0.15) is 11.5 Å². The van der Waals surface area contributed by atoms with Gasteiger partial charge in [0, 0.05) is 6.07 Å². The third-order valence-electron chi connectivity index (χ3n) is 2.73. The highest BCUT2D eigenvalue weighted by molar-refractivity contribution is 7.87. The second kappa shape index (κ2) is 6.61. The fraction of sp³-hybridized carbons (Fsp3) is 0.0769. The van der Waals surface area contributed by atoms with Crippen LogP contribution in [0.5, 0.6) is 11.5 Å². The molecule has 0 bridgehead atoms. The van der Waals surface area contributed by atoms with Crippen LogP contribution in [0.15, 0.2) is 41.3 Å². The number of benzene rings is 2. The Kier molecular flexibility index (Phi) is 4.98. The van der Waals surface area contributed by atoms with Crippen LogP contribution in [0, 0.1) is 10.1 Å². The maximum atomic E-state index is 12.3. The molecule has 2 aromatic carbocycles. The van der Waals surface area contributed by atoms with E-state index in [0.29, 0.717) is 0 Å². The molecule has 0 amide bonds. The fourth-order valence-corrected chi connectivity index (χ4v) is 3.04. The number of halogens is 2. The van der Waals surface area contributed by atoms with Crippen LogP contribution in [0.1, 0.15) is 0 Å². The van der Waals surface area contributed by atoms with Gasteiger partial charge in [-0.3, -0.25) is 10.1 Å². The van der Waals surface area contributed by atoms with Gasteiger partial charge in [0.15, 0.2) is 4.90 Å². The van der Waals surface area contributed by atoms with Crippen molar-refractivity contribution in [1.82, 2.24) is 0 Å². The lowest BCUT2D eigenvalue weighted by atomic mass is 10.3. The van der Waals surface area contributed by atoms with Gasteiger partial charge in [-0.15, -0.1) is 0 Å². The van der Waals surface area contributed by atoms with Crippen molar-refractivity contribution in [3.05, 3.63) is 56.6 Å². The molecule has 10 heteroatoms. The molecule has 0 saturated heterocycles. The molecule has 0 spiro atoms. The van der Waals surface area contributed by atoms with Gasteiger partial charge in [0.2, 0.25) is 0 Å². The first-order valence-corrected chi connectivity index (χ1v) is 8.13. The van der Waals surface area contributed by atoms with Crippen LogP contribution in [-0.4, -0.2) is 20.5 Å². The molecular formula is C13H9Cl2NO6S. The van der Waals surface area contributed by atoms with E-state index in [4.69, 9.17) is 32.1 Å². The van der Waals surface area contributed by atoms with Crippen LogP contribution in [0.25, 0.3) is 0 Å². The molecule has 0 saturated carbocycles. The highest BCUT2D eigenvalue weighted by atomic mass is 35.5. The number of hydrogen-bond donors (Lipinski definition) is 0. The highest BCUT2D eigenvalue weighted by Gasteiger charge is 2.28. The summed E-state index contributed by atoms with van der Waals surface area (Å²) in [5.74, 6) is 0.0229. The van der Waals surface area contributed by atoms with Crippen molar-refractivity contribution in [3.63, 3.8) is 0 Å². The predicted molar refractivity (Wildman–Crippen MR) is 83.9 cm³/mol. The summed E-state index contributed by atoms with van der Waals surface area (Å²) in [6.07, 6.45) is 0. The number of ether oxygens (including phenoxy) is 1. The van der Waals surface area contributed by atoms with Crippen LogP contribution >= 0.6 is 23.2 Å². The summed E-state index contributed by atoms with van der Waals surface area (Å²) < 4.78 is 34.3. The Morgan fingerprint density at radius 3 is 2.26 bits per heavy atom. The minimum Gasteiger partial charge on any atom is -0.497 e. The Morgan fingerprint density at radius 2 is 1.70 bits per heavy atom. The molecule has 0 aliphatic rings. The standard InChI is InChI=1S/C13H9Cl2NO6S/c1-21-8-3-5-13(12(7-8)16(17)18)23(19,20)22-9-2-4-10(14)11(15)6-9/h2-7H,1H3. The normalized spacial score (nSPS) is 11.1. The van der Waals surface area contributed by atoms with Gasteiger partial charge >= 0.3 is 10.1 Å². The molecule has 0 N–H and O–H groups in total. The van der Waals surface area contributed by atoms with E-state index < -0.39 is 25.6 Å². The number of methoxy groups -OCH3 is 1. The van der Waals surface area contributed by atoms with Crippen molar-refractivity contribution in [3.8, 4) is 11.5 Å². The Morgan fingerprint density at radius 1 is 1.04 bits per heavy atom. The van der Waals surface area contributed by atoms with Crippen LogP contribution < -0.4 is 8.92 Å². The molecule has 0 aliphatic heterocycles. The van der Waals surface area contributed by atoms with Crippen molar-refractivity contribution in [2.45, 2.75) is 4.90 Å². The quantitative estimate of drug-likeness (QED) is 0.447. The molecule has 2 rings (SSSR count). The highest BCUT2D eigenvalue weighted by Crippen LogP contribution is 2.32. The summed E-state index contributed by atoms with van der Waals surface area (Å²) in [6, 6.07) is 7.11. The molecule has 0 radical (unpaired) electrons. The molecule has 0 aliphatic carbocycles. The van der Waals surface area contributed by atoms with Gasteiger partial charge in [-0.1, -0.05) is 23.2 Å². The van der Waals surface area contributed by atoms with Crippen LogP contribution in [0.3, 0.4) is 0 Å². The van der Waals surface area contributed by atoms with E-state index in [0.717, 1.165) is 12.1 Å². The predicted octanol–water partition coefficient (Wildman–Crippen LogP) is 3.68. The van der Waals surface area contributed by atoms with Gasteiger partial charge in [0.05, 0.1) is 28.1 Å². The van der Waals surface area contributed by atoms with E-state index in [9.17, 15) is 18.5 Å². The van der Waals surface area contributed by atoms with E-state index in [1.165, 1.54) is 31.4 Å². The Balaban J connectivity index is 2.47. The lowest BCUT2D eigenvalue weighted by Gasteiger charge is -2.09. The summed E-state index contributed by atoms with van der Waals surface area (Å²) in [4.78, 5) is 9.64. The van der Waals surface area contributed by atoms with E-state index in [1.807, 2.05) is 0 Å². The number of hydrogen-bond acceptors (Lipinski definition) is 6. The lowest BCUT2D eigenvalue weighted by Crippen LogP contribution is -2.12. The van der Waals surface area contributed by atoms with Crippen LogP contribution in [-0.2, 0) is 10.1 Å². The van der Waals surface area contributed by atoms with Crippen molar-refractivity contribution in [2.24, 2.45) is 0 Å². The summed E-state index contributed by atoms with van der Waals surface area (Å²) in [6.45, 7) is 0. The summed E-state index contributed by atoms with van der Waals surface area (Å²) in [5, 5.41) is 11.4. The Bertz CT molecular complexity index is 869. The van der Waals surface area contributed by atoms with Gasteiger partial charge in [-0.05, 0) is 24.3 Å². The fourth-order valence-electron chi connectivity index (χ4n) is 1.68. The molecule has 0 unspecified atom stereocenters. The number of rotatable bonds is 5. The van der Waals surface area contributed by atoms with Crippen molar-refractivity contribution in [1.29, 1.82) is 0 Å². The molecule has 0 atom stereocenters. The summed E-state index contributed by atoms with van der Waals surface area (Å²) >= 11 is 11.5. The largest absolute Gasteiger partial charge is 0.497 e. The van der Waals surface area contributed by atoms with E-state index >= 15 is 0 Å². The number of nitro benzene ring substituents is 1. The smallest absolute Gasteiger partial charge is 0.346 e. The molecule has 122 valence electrons. The van der Waals surface area contributed by atoms with Crippen molar-refractivity contribution < 1.29 is 22.3 Å². The monoisotopic (exact) mass is 377 g/mol. The van der Waals surface area contributed by atoms with Crippen molar-refractivity contribution in [2.75, 3.05) is 7.11 Å². The van der Waals surface area contributed by atoms with Crippen LogP contribution in [0.4, 0.5) is 5.69 Å². The van der Waals surface area contributed by atoms with Crippen molar-refractivity contribution >= 4 is 39.0 Å². The Hall–Kier alpha value is -2.03. The first-order valence-electron chi connectivity index (χ1n) is 5.96. The van der Waals surface area contributed by atoms with Gasteiger partial charge in [-0.25, -0.2) is 0 Å². The summed E-state index contributed by atoms with van der Waals surface area (Å²) in [7, 11) is -3.14. The minimum atomic E-state index is -4.44. The van der Waals surface area contributed by atoms with Gasteiger partial charge in [0.25, 0.3) is 5.69 Å². The van der Waals surface area contributed by atoms with Gasteiger partial charge in [-0.2, -0.15) is 8.42 Å². The third-order valence-corrected chi connectivity index (χ3v) is 4.76. The average Bonchev–Trinajstić information content (AvgIpc) is 2.50. The maximum absolute atomic E-state index is 12.3. The molecule has 23 heavy (non-hydrogen) atoms. The SMILES string of the molecule is COc1ccc(S(=O)(=O)Oc2ccc(Cl)c(Cl)c2)c([N+](=O)[O-])c1. The topological polar surface area (TPSA) is 95.7 Å². The second-order valence-corrected chi connectivity index (χ2v) is 6.53. The summed E-state index contributed by atoms with van der Waals surface area (Å²) in [5.41, 5.74) is -0.663. The number of nitrogens with zero attached hydrogens (tertiary/aromatic N) is 1. The first kappa shape index (κ1) is 17.3. The van der Waals surface area contributed by atoms with Gasteiger partial charge < -0.3 is 8.92 Å². The zero-order chi connectivity index (χ0) is 17.2. The lowest BCUT2D eigenvalue weighted by molar-refractivity contribution is -0.388. The molecular weight excluding hydrogens is 369 g/mol. The molecule has 0 heterocycles. The third kappa shape index (κ3) is 3.84. The maximum Gasteiger partial charge on any atom is 0.346 e. The molecule has 0 aromatic heterocycles. The zero-order valence-corrected chi connectivity index (χ0v) is 13.9. The second-order valence-electron chi connectivity index (χ2n) is 4.20. The van der Waals surface area contributed by atoms with E-state index in [1.54, 1.807) is 0 Å². The average molecular weight is 378 g/mol. The van der Waals surface area contributed by atoms with Crippen LogP contribution in [0.2, 0.25) is 10.0 Å². The molecule has 2 aromatic rings. The Labute approximate surface area is 141 Å². The van der Waals surface area contributed by atoms with E-state index in [2.05, 4.69) is 0 Å². The zero-order valence-electron chi connectivity index (χ0n) is 11.5. The molecule has 0 fully saturated rings. The first-order chi connectivity index (χ1) is 10.7. The number of nitro groups is 1. The minimum absolute atomic E-state index is 0.0867. The van der Waals surface area contributed by atoms with E-state index in [-0.39, 0.29) is 21.5 Å².